The van der Waals surface area contributed by atoms with Crippen molar-refractivity contribution in [3.8, 4) is 0 Å². The zero-order valence-electron chi connectivity index (χ0n) is 3.73. The van der Waals surface area contributed by atoms with E-state index in [0.717, 1.165) is 13.2 Å². The van der Waals surface area contributed by atoms with Crippen LogP contribution in [0.25, 0.3) is 0 Å². The van der Waals surface area contributed by atoms with Crippen LogP contribution in [0.1, 0.15) is 0 Å². The number of hydrogen-bond acceptors (Lipinski definition) is 2. The Morgan fingerprint density at radius 2 is 1.83 bits per heavy atom. The molecule has 6 heavy (non-hydrogen) atoms. The molecule has 1 radical (unpaired) electrons. The SMILES string of the molecule is C[Si]1OCCO1. The second kappa shape index (κ2) is 1.73. The van der Waals surface area contributed by atoms with E-state index in [-0.39, 0.29) is 0 Å². The largest absolute Gasteiger partial charge is 0.391 e. The molecular weight excluding hydrogens is 96.1 g/mol. The molecule has 0 aliphatic carbocycles. The molecule has 0 unspecified atom stereocenters. The van der Waals surface area contributed by atoms with E-state index in [1.165, 1.54) is 0 Å². The molecule has 0 aromatic rings. The van der Waals surface area contributed by atoms with Gasteiger partial charge in [0, 0.05) is 0 Å². The fourth-order valence-corrected chi connectivity index (χ4v) is 1.24. The monoisotopic (exact) mass is 103 g/mol. The molecule has 1 aliphatic rings. The molecule has 0 atom stereocenters. The topological polar surface area (TPSA) is 18.5 Å². The van der Waals surface area contributed by atoms with E-state index >= 15 is 0 Å². The molecule has 0 aromatic carbocycles. The first kappa shape index (κ1) is 4.30. The third-order valence-corrected chi connectivity index (χ3v) is 1.92. The van der Waals surface area contributed by atoms with Crippen molar-refractivity contribution in [1.82, 2.24) is 0 Å². The Labute approximate surface area is 38.9 Å². The molecule has 0 saturated carbocycles. The third kappa shape index (κ3) is 0.799. The maximum Gasteiger partial charge on any atom is 0.381 e. The molecule has 1 aliphatic heterocycles. The van der Waals surface area contributed by atoms with E-state index < -0.39 is 9.28 Å². The summed E-state index contributed by atoms with van der Waals surface area (Å²) in [7, 11) is -0.757. The van der Waals surface area contributed by atoms with Crippen molar-refractivity contribution in [2.75, 3.05) is 13.2 Å². The molecule has 0 spiro atoms. The minimum atomic E-state index is -0.757. The van der Waals surface area contributed by atoms with Crippen molar-refractivity contribution in [2.45, 2.75) is 6.55 Å². The highest BCUT2D eigenvalue weighted by atomic mass is 28.3. The molecule has 0 bridgehead atoms. The van der Waals surface area contributed by atoms with Gasteiger partial charge in [-0.3, -0.25) is 0 Å². The van der Waals surface area contributed by atoms with E-state index in [9.17, 15) is 0 Å². The quantitative estimate of drug-likeness (QED) is 0.406. The number of hydrogen-bond donors (Lipinski definition) is 0. The van der Waals surface area contributed by atoms with Gasteiger partial charge in [-0.2, -0.15) is 0 Å². The molecule has 0 amide bonds. The van der Waals surface area contributed by atoms with Crippen LogP contribution in [-0.4, -0.2) is 22.5 Å². The smallest absolute Gasteiger partial charge is 0.381 e. The molecule has 1 saturated heterocycles. The van der Waals surface area contributed by atoms with E-state index in [4.69, 9.17) is 8.85 Å². The summed E-state index contributed by atoms with van der Waals surface area (Å²) in [6.45, 7) is 3.62. The summed E-state index contributed by atoms with van der Waals surface area (Å²) in [6, 6.07) is 0. The zero-order chi connectivity index (χ0) is 4.41. The van der Waals surface area contributed by atoms with Crippen molar-refractivity contribution in [1.29, 1.82) is 0 Å². The first-order valence-corrected chi connectivity index (χ1v) is 3.80. The molecule has 2 nitrogen and oxygen atoms in total. The molecule has 3 heteroatoms. The lowest BCUT2D eigenvalue weighted by atomic mass is 10.8. The highest BCUT2D eigenvalue weighted by Gasteiger charge is 2.12. The van der Waals surface area contributed by atoms with Crippen LogP contribution in [0, 0.1) is 0 Å². The fraction of sp³-hybridized carbons (Fsp3) is 1.00. The summed E-state index contributed by atoms with van der Waals surface area (Å²) in [5.41, 5.74) is 0. The van der Waals surface area contributed by atoms with E-state index in [2.05, 4.69) is 0 Å². The van der Waals surface area contributed by atoms with E-state index in [1.54, 1.807) is 0 Å². The Hall–Kier alpha value is 0.137. The first-order valence-electron chi connectivity index (χ1n) is 1.99. The highest BCUT2D eigenvalue weighted by Crippen LogP contribution is 1.95. The maximum atomic E-state index is 5.03. The fourth-order valence-electron chi connectivity index (χ4n) is 0.412. The molecule has 0 N–H and O–H groups in total. The minimum absolute atomic E-state index is 0.757. The van der Waals surface area contributed by atoms with Gasteiger partial charge >= 0.3 is 9.28 Å². The van der Waals surface area contributed by atoms with Crippen molar-refractivity contribution >= 4 is 9.28 Å². The summed E-state index contributed by atoms with van der Waals surface area (Å²) in [6.07, 6.45) is 0. The van der Waals surface area contributed by atoms with E-state index in [1.807, 2.05) is 6.55 Å². The Morgan fingerprint density at radius 1 is 1.33 bits per heavy atom. The highest BCUT2D eigenvalue weighted by molar-refractivity contribution is 6.43. The number of rotatable bonds is 0. The Balaban J connectivity index is 2.18. The van der Waals surface area contributed by atoms with Crippen LogP contribution in [0.3, 0.4) is 0 Å². The Morgan fingerprint density at radius 3 is 2.00 bits per heavy atom. The predicted octanol–water partition coefficient (Wildman–Crippen LogP) is 0.151. The van der Waals surface area contributed by atoms with Gasteiger partial charge < -0.3 is 8.85 Å². The summed E-state index contributed by atoms with van der Waals surface area (Å²) in [5.74, 6) is 0. The van der Waals surface area contributed by atoms with Gasteiger partial charge in [0.25, 0.3) is 0 Å². The third-order valence-electron chi connectivity index (χ3n) is 0.694. The maximum absolute atomic E-state index is 5.03. The predicted molar refractivity (Wildman–Crippen MR) is 23.5 cm³/mol. The van der Waals surface area contributed by atoms with Crippen molar-refractivity contribution in [3.63, 3.8) is 0 Å². The summed E-state index contributed by atoms with van der Waals surface area (Å²) in [4.78, 5) is 0. The van der Waals surface area contributed by atoms with Crippen molar-refractivity contribution in [2.24, 2.45) is 0 Å². The molecule has 1 rings (SSSR count). The van der Waals surface area contributed by atoms with Gasteiger partial charge in [0.05, 0.1) is 13.2 Å². The summed E-state index contributed by atoms with van der Waals surface area (Å²) >= 11 is 0. The molecule has 35 valence electrons. The average Bonchev–Trinajstić information content (AvgIpc) is 1.86. The van der Waals surface area contributed by atoms with Gasteiger partial charge in [-0.1, -0.05) is 0 Å². The van der Waals surface area contributed by atoms with Gasteiger partial charge in [-0.25, -0.2) is 0 Å². The summed E-state index contributed by atoms with van der Waals surface area (Å²) < 4.78 is 10.1. The second-order valence-electron chi connectivity index (χ2n) is 1.19. The van der Waals surface area contributed by atoms with Crippen LogP contribution < -0.4 is 0 Å². The van der Waals surface area contributed by atoms with Crippen LogP contribution >= 0.6 is 0 Å². The van der Waals surface area contributed by atoms with E-state index in [0.29, 0.717) is 0 Å². The van der Waals surface area contributed by atoms with Crippen molar-refractivity contribution < 1.29 is 8.85 Å². The molecule has 1 fully saturated rings. The molecule has 1 heterocycles. The van der Waals surface area contributed by atoms with Gasteiger partial charge in [0.1, 0.15) is 0 Å². The van der Waals surface area contributed by atoms with Crippen LogP contribution in [0.2, 0.25) is 6.55 Å². The van der Waals surface area contributed by atoms with Crippen LogP contribution in [-0.2, 0) is 8.85 Å². The van der Waals surface area contributed by atoms with Crippen LogP contribution in [0.15, 0.2) is 0 Å². The zero-order valence-corrected chi connectivity index (χ0v) is 4.73. The van der Waals surface area contributed by atoms with Crippen LogP contribution in [0.5, 0.6) is 0 Å². The standard InChI is InChI=1S/C3H7O2Si/c1-6-4-2-3-5-6/h2-3H2,1H3. The lowest BCUT2D eigenvalue weighted by molar-refractivity contribution is 0.365. The lowest BCUT2D eigenvalue weighted by Gasteiger charge is -1.89. The minimum Gasteiger partial charge on any atom is -0.391 e. The first-order chi connectivity index (χ1) is 2.89. The lowest BCUT2D eigenvalue weighted by Crippen LogP contribution is -2.05. The average molecular weight is 103 g/mol. The summed E-state index contributed by atoms with van der Waals surface area (Å²) in [5, 5.41) is 0. The Bertz CT molecular complexity index is 42.1. The second-order valence-corrected chi connectivity index (χ2v) is 2.75. The molecular formula is C3H7O2Si. The van der Waals surface area contributed by atoms with Gasteiger partial charge in [-0.15, -0.1) is 0 Å². The van der Waals surface area contributed by atoms with Gasteiger partial charge in [0.2, 0.25) is 0 Å². The van der Waals surface area contributed by atoms with Crippen molar-refractivity contribution in [3.05, 3.63) is 0 Å². The van der Waals surface area contributed by atoms with Gasteiger partial charge in [0.15, 0.2) is 0 Å². The van der Waals surface area contributed by atoms with Gasteiger partial charge in [-0.05, 0) is 6.55 Å². The molecule has 0 aromatic heterocycles. The Kier molecular flexibility index (Phi) is 1.24. The van der Waals surface area contributed by atoms with Crippen LogP contribution in [0.4, 0.5) is 0 Å². The normalized spacial score (nSPS) is 25.5.